The molecule has 18 atom stereocenters. The number of aliphatic hydroxyl groups is 2. The quantitative estimate of drug-likeness (QED) is 0.354. The minimum absolute atomic E-state index is 0.0257. The number of ketones is 1. The molecule has 6 fully saturated rings. The zero-order chi connectivity index (χ0) is 29.9. The van der Waals surface area contributed by atoms with Crippen LogP contribution >= 0.6 is 0 Å². The lowest BCUT2D eigenvalue weighted by Gasteiger charge is -2.66. The number of rotatable bonds is 1. The normalized spacial score (nSPS) is 61.8. The number of carbonyl (C=O) groups is 2. The van der Waals surface area contributed by atoms with Gasteiger partial charge in [0.1, 0.15) is 29.3 Å². The molecule has 2 aliphatic heterocycles. The maximum atomic E-state index is 14.2. The van der Waals surface area contributed by atoms with E-state index in [0.717, 1.165) is 0 Å². The van der Waals surface area contributed by atoms with Crippen molar-refractivity contribution >= 4 is 11.8 Å². The fourth-order valence-electron chi connectivity index (χ4n) is 12.6. The third-order valence-corrected chi connectivity index (χ3v) is 15.0. The van der Waals surface area contributed by atoms with Crippen LogP contribution in [0.25, 0.3) is 0 Å². The fourth-order valence-corrected chi connectivity index (χ4v) is 12.6. The predicted octanol–water partition coefficient (Wildman–Crippen LogP) is 4.51. The first kappa shape index (κ1) is 28.1. The molecule has 7 aliphatic rings. The highest BCUT2D eigenvalue weighted by atomic mass is 16.6. The van der Waals surface area contributed by atoms with Crippen LogP contribution < -0.4 is 0 Å². The van der Waals surface area contributed by atoms with Gasteiger partial charge < -0.3 is 24.4 Å². The number of hydrogen-bond donors (Lipinski definition) is 2. The third-order valence-electron chi connectivity index (χ3n) is 15.0. The molecular weight excluding hydrogens is 520 g/mol. The molecule has 0 aromatic rings. The second-order valence-electron chi connectivity index (χ2n) is 15.9. The van der Waals surface area contributed by atoms with Crippen molar-refractivity contribution in [3.63, 3.8) is 0 Å². The highest BCUT2D eigenvalue weighted by Crippen LogP contribution is 2.78. The lowest BCUT2D eigenvalue weighted by atomic mass is 9.37. The van der Waals surface area contributed by atoms with E-state index in [1.165, 1.54) is 6.92 Å². The highest BCUT2D eigenvalue weighted by Gasteiger charge is 2.80. The summed E-state index contributed by atoms with van der Waals surface area (Å²) in [7, 11) is 0. The number of ether oxygens (including phenoxy) is 3. The SMILES string of the molecule is C=C1OC2=C[C@@H](C)[C@H]3[C@@H]([C@H](OC(C)=O)[C@H]4[C@H]5C(C(C)[C@H](C)[C@]34C)[C@]3(C)[C@H](C[C@@H]4O[C@@H]4[C@@H]3C)C(=O)[C@@H]5O)[C@@]2(C)[C@]1(C)O. The molecule has 7 rings (SSSR count). The number of allylic oxidation sites excluding steroid dienone is 1. The number of fused-ring (bicyclic) bond motifs is 10. The molecular formula is C34H48O7. The maximum Gasteiger partial charge on any atom is 0.302 e. The fraction of sp³-hybridized carbons (Fsp3) is 0.824. The van der Waals surface area contributed by atoms with Crippen molar-refractivity contribution < 1.29 is 34.0 Å². The smallest absolute Gasteiger partial charge is 0.302 e. The molecule has 4 saturated carbocycles. The topological polar surface area (TPSA) is 106 Å². The van der Waals surface area contributed by atoms with E-state index in [2.05, 4.69) is 54.2 Å². The van der Waals surface area contributed by atoms with Crippen LogP contribution in [0.5, 0.6) is 0 Å². The van der Waals surface area contributed by atoms with Gasteiger partial charge in [-0.1, -0.05) is 48.1 Å². The van der Waals surface area contributed by atoms with Gasteiger partial charge in [0.25, 0.3) is 0 Å². The summed E-state index contributed by atoms with van der Waals surface area (Å²) in [6.07, 6.45) is 1.36. The summed E-state index contributed by atoms with van der Waals surface area (Å²) < 4.78 is 18.6. The van der Waals surface area contributed by atoms with Crippen molar-refractivity contribution in [2.24, 2.45) is 75.4 Å². The number of Topliss-reactive ketones (excluding diaryl/α,β-unsaturated/α-hetero) is 1. The molecule has 0 amide bonds. The van der Waals surface area contributed by atoms with Gasteiger partial charge in [0.05, 0.1) is 17.6 Å². The van der Waals surface area contributed by atoms with Gasteiger partial charge >= 0.3 is 5.97 Å². The van der Waals surface area contributed by atoms with E-state index in [-0.39, 0.29) is 94.0 Å². The summed E-state index contributed by atoms with van der Waals surface area (Å²) in [5.74, 6) is 0.114. The summed E-state index contributed by atoms with van der Waals surface area (Å²) in [5.41, 5.74) is -2.98. The number of aliphatic hydroxyl groups excluding tert-OH is 1. The van der Waals surface area contributed by atoms with E-state index in [4.69, 9.17) is 14.2 Å². The van der Waals surface area contributed by atoms with Gasteiger partial charge in [0, 0.05) is 30.6 Å². The van der Waals surface area contributed by atoms with Crippen molar-refractivity contribution in [2.75, 3.05) is 0 Å². The molecule has 7 nitrogen and oxygen atoms in total. The molecule has 5 aliphatic carbocycles. The first-order chi connectivity index (χ1) is 19.0. The Balaban J connectivity index is 1.46. The van der Waals surface area contributed by atoms with Gasteiger partial charge in [-0.25, -0.2) is 0 Å². The molecule has 226 valence electrons. The van der Waals surface area contributed by atoms with Crippen molar-refractivity contribution in [1.82, 2.24) is 0 Å². The molecule has 0 bridgehead atoms. The summed E-state index contributed by atoms with van der Waals surface area (Å²) in [6.45, 7) is 23.0. The largest absolute Gasteiger partial charge is 0.463 e. The molecule has 2 saturated heterocycles. The third kappa shape index (κ3) is 2.93. The zero-order valence-corrected chi connectivity index (χ0v) is 26.0. The Morgan fingerprint density at radius 2 is 1.68 bits per heavy atom. The van der Waals surface area contributed by atoms with Gasteiger partial charge in [-0.3, -0.25) is 9.59 Å². The minimum Gasteiger partial charge on any atom is -0.463 e. The minimum atomic E-state index is -1.38. The average Bonchev–Trinajstić information content (AvgIpc) is 3.58. The van der Waals surface area contributed by atoms with Gasteiger partial charge in [-0.2, -0.15) is 0 Å². The van der Waals surface area contributed by atoms with Crippen LogP contribution in [0, 0.1) is 75.4 Å². The standard InChI is InChI=1S/C34H48O7/c1-13-11-21-33(9,34(10,38)17(5)39-21)26-23(13)32(8)15(3)14(2)24-22(25(32)30(26)40-18(6)35)28(37)27(36)19-12-20-29(41-20)16(4)31(19,24)7/h11,13-16,19-20,22-26,28-30,37-38H,5,12H2,1-4,6-10H3/t13-,14?,15+,16+,19-,20+,22-,23+,24?,25-,26+,28-,29-,30-,31+,32-,33+,34-/m1/s1. The van der Waals surface area contributed by atoms with Crippen molar-refractivity contribution in [1.29, 1.82) is 0 Å². The first-order valence-electron chi connectivity index (χ1n) is 15.8. The van der Waals surface area contributed by atoms with Crippen LogP contribution in [0.15, 0.2) is 24.2 Å². The number of hydrogen-bond acceptors (Lipinski definition) is 7. The van der Waals surface area contributed by atoms with Crippen molar-refractivity contribution in [3.05, 3.63) is 24.2 Å². The molecule has 7 heteroatoms. The highest BCUT2D eigenvalue weighted by molar-refractivity contribution is 5.88. The summed E-state index contributed by atoms with van der Waals surface area (Å²) in [4.78, 5) is 27.1. The molecule has 2 N–H and O–H groups in total. The van der Waals surface area contributed by atoms with Crippen LogP contribution in [0.3, 0.4) is 0 Å². The Hall–Kier alpha value is -1.70. The van der Waals surface area contributed by atoms with E-state index >= 15 is 0 Å². The molecule has 0 aromatic carbocycles. The Kier molecular flexibility index (Phi) is 5.52. The van der Waals surface area contributed by atoms with Crippen molar-refractivity contribution in [3.8, 4) is 0 Å². The van der Waals surface area contributed by atoms with E-state index < -0.39 is 23.2 Å². The Morgan fingerprint density at radius 3 is 2.32 bits per heavy atom. The van der Waals surface area contributed by atoms with E-state index in [0.29, 0.717) is 17.9 Å². The number of carbonyl (C=O) groups excluding carboxylic acids is 2. The van der Waals surface area contributed by atoms with Gasteiger partial charge in [0.2, 0.25) is 0 Å². The van der Waals surface area contributed by atoms with Crippen LogP contribution in [0.4, 0.5) is 0 Å². The van der Waals surface area contributed by atoms with Crippen LogP contribution in [-0.4, -0.2) is 52.0 Å². The molecule has 0 radical (unpaired) electrons. The summed E-state index contributed by atoms with van der Waals surface area (Å²) in [6, 6.07) is 0. The molecule has 0 aromatic heterocycles. The molecule has 2 heterocycles. The Morgan fingerprint density at radius 1 is 1.02 bits per heavy atom. The van der Waals surface area contributed by atoms with E-state index in [9.17, 15) is 19.8 Å². The van der Waals surface area contributed by atoms with Crippen LogP contribution in [-0.2, 0) is 23.8 Å². The number of esters is 1. The van der Waals surface area contributed by atoms with Gasteiger partial charge in [0.15, 0.2) is 5.78 Å². The summed E-state index contributed by atoms with van der Waals surface area (Å²) in [5, 5.41) is 24.1. The van der Waals surface area contributed by atoms with Crippen molar-refractivity contribution in [2.45, 2.75) is 98.8 Å². The monoisotopic (exact) mass is 568 g/mol. The second-order valence-corrected chi connectivity index (χ2v) is 15.9. The first-order valence-corrected chi connectivity index (χ1v) is 15.8. The molecule has 0 spiro atoms. The van der Waals surface area contributed by atoms with E-state index in [1.807, 2.05) is 6.92 Å². The lowest BCUT2D eigenvalue weighted by Crippen LogP contribution is -2.69. The Bertz CT molecular complexity index is 1270. The van der Waals surface area contributed by atoms with Crippen LogP contribution in [0.1, 0.15) is 68.7 Å². The lowest BCUT2D eigenvalue weighted by molar-refractivity contribution is -0.221. The molecule has 2 unspecified atom stereocenters. The van der Waals surface area contributed by atoms with E-state index in [1.54, 1.807) is 6.92 Å². The van der Waals surface area contributed by atoms with Gasteiger partial charge in [-0.15, -0.1) is 0 Å². The second kappa shape index (κ2) is 8.06. The zero-order valence-electron chi connectivity index (χ0n) is 26.0. The number of epoxide rings is 1. The van der Waals surface area contributed by atoms with Crippen LogP contribution in [0.2, 0.25) is 0 Å². The predicted molar refractivity (Wildman–Crippen MR) is 151 cm³/mol. The summed E-state index contributed by atoms with van der Waals surface area (Å²) >= 11 is 0. The molecule has 41 heavy (non-hydrogen) atoms. The average molecular weight is 569 g/mol. The Labute approximate surface area is 244 Å². The maximum absolute atomic E-state index is 14.2. The van der Waals surface area contributed by atoms with Gasteiger partial charge in [-0.05, 0) is 72.7 Å².